The van der Waals surface area contributed by atoms with Gasteiger partial charge < -0.3 is 0 Å². The molecule has 0 unspecified atom stereocenters. The Hall–Kier alpha value is -0.790. The highest BCUT2D eigenvalue weighted by Crippen LogP contribution is 1.79. The molecular weight excluding hydrogens is 100 g/mol. The summed E-state index contributed by atoms with van der Waals surface area (Å²) < 4.78 is 0. The average molecular weight is 112 g/mol. The topological polar surface area (TPSA) is 15.6 Å². The first kappa shape index (κ1) is 7.21. The van der Waals surface area contributed by atoms with Gasteiger partial charge in [-0.1, -0.05) is 6.08 Å². The lowest BCUT2D eigenvalue weighted by Crippen LogP contribution is -2.09. The Labute approximate surface area is 50.5 Å². The minimum Gasteiger partial charge on any atom is -0.297 e. The third-order valence-electron chi connectivity index (χ3n) is 0.706. The van der Waals surface area contributed by atoms with Crippen LogP contribution in [0.1, 0.15) is 6.92 Å². The van der Waals surface area contributed by atoms with E-state index in [1.165, 1.54) is 0 Å². The molecule has 0 heterocycles. The Morgan fingerprint density at radius 2 is 2.38 bits per heavy atom. The second-order valence-electron chi connectivity index (χ2n) is 1.50. The van der Waals surface area contributed by atoms with Gasteiger partial charge in [0, 0.05) is 13.3 Å². The van der Waals surface area contributed by atoms with Crippen molar-refractivity contribution in [3.63, 3.8) is 0 Å². The molecule has 0 rings (SSSR count). The lowest BCUT2D eigenvalue weighted by atomic mass is 10.6. The maximum atomic E-state index is 3.95. The molecule has 0 fully saturated rings. The molecule has 0 bridgehead atoms. The van der Waals surface area contributed by atoms with Crippen molar-refractivity contribution >= 4 is 6.21 Å². The molecule has 0 saturated carbocycles. The van der Waals surface area contributed by atoms with E-state index in [0.717, 1.165) is 6.54 Å². The number of hydrogen-bond donors (Lipinski definition) is 0. The van der Waals surface area contributed by atoms with Crippen LogP contribution in [0.2, 0.25) is 0 Å². The fraction of sp³-hybridized carbons (Fsp3) is 0.500. The van der Waals surface area contributed by atoms with Crippen molar-refractivity contribution in [1.82, 2.24) is 5.01 Å². The number of hydrogen-bond acceptors (Lipinski definition) is 2. The van der Waals surface area contributed by atoms with Crippen molar-refractivity contribution < 1.29 is 0 Å². The molecule has 0 radical (unpaired) electrons. The van der Waals surface area contributed by atoms with Gasteiger partial charge >= 0.3 is 0 Å². The largest absolute Gasteiger partial charge is 0.297 e. The molecular formula is C6H12N2. The lowest BCUT2D eigenvalue weighted by Gasteiger charge is -2.06. The summed E-state index contributed by atoms with van der Waals surface area (Å²) in [4.78, 5) is 0. The standard InChI is InChI=1S/C6H12N2/c1-4-6-8(3)7-5-2/h4-5H,1,6H2,2-3H3/b7-5-. The minimum atomic E-state index is 0.810. The second-order valence-corrected chi connectivity index (χ2v) is 1.50. The van der Waals surface area contributed by atoms with Crippen LogP contribution in [0.15, 0.2) is 17.8 Å². The van der Waals surface area contributed by atoms with Gasteiger partial charge in [0.15, 0.2) is 0 Å². The van der Waals surface area contributed by atoms with Gasteiger partial charge in [-0.15, -0.1) is 6.58 Å². The zero-order chi connectivity index (χ0) is 6.41. The molecule has 2 nitrogen and oxygen atoms in total. The molecule has 0 aromatic heterocycles. The SMILES string of the molecule is C=CCN(C)/N=C\C. The van der Waals surface area contributed by atoms with E-state index in [-0.39, 0.29) is 0 Å². The van der Waals surface area contributed by atoms with E-state index in [4.69, 9.17) is 0 Å². The fourth-order valence-electron chi connectivity index (χ4n) is 0.431. The monoisotopic (exact) mass is 112 g/mol. The van der Waals surface area contributed by atoms with Crippen molar-refractivity contribution in [2.45, 2.75) is 6.92 Å². The first-order chi connectivity index (χ1) is 3.81. The predicted molar refractivity (Wildman–Crippen MR) is 37.0 cm³/mol. The van der Waals surface area contributed by atoms with Gasteiger partial charge in [-0.3, -0.25) is 5.01 Å². The molecule has 46 valence electrons. The quantitative estimate of drug-likeness (QED) is 0.303. The predicted octanol–water partition coefficient (Wildman–Crippen LogP) is 1.11. The number of nitrogens with zero attached hydrogens (tertiary/aromatic N) is 2. The third kappa shape index (κ3) is 3.40. The van der Waals surface area contributed by atoms with Crippen molar-refractivity contribution in [2.75, 3.05) is 13.6 Å². The average Bonchev–Trinajstić information content (AvgIpc) is 1.68. The van der Waals surface area contributed by atoms with Crippen LogP contribution < -0.4 is 0 Å². The molecule has 8 heavy (non-hydrogen) atoms. The lowest BCUT2D eigenvalue weighted by molar-refractivity contribution is 0.397. The zero-order valence-electron chi connectivity index (χ0n) is 5.46. The maximum absolute atomic E-state index is 3.95. The molecule has 0 aromatic carbocycles. The molecule has 0 aliphatic carbocycles. The highest BCUT2D eigenvalue weighted by atomic mass is 15.4. The fourth-order valence-corrected chi connectivity index (χ4v) is 0.431. The highest BCUT2D eigenvalue weighted by molar-refractivity contribution is 5.52. The van der Waals surface area contributed by atoms with Crippen LogP contribution in [0.3, 0.4) is 0 Å². The Morgan fingerprint density at radius 3 is 2.75 bits per heavy atom. The molecule has 0 N–H and O–H groups in total. The molecule has 0 saturated heterocycles. The van der Waals surface area contributed by atoms with Crippen LogP contribution in [0, 0.1) is 0 Å². The Morgan fingerprint density at radius 1 is 1.75 bits per heavy atom. The van der Waals surface area contributed by atoms with Crippen LogP contribution in [-0.2, 0) is 0 Å². The summed E-state index contributed by atoms with van der Waals surface area (Å²) in [7, 11) is 1.90. The van der Waals surface area contributed by atoms with Crippen LogP contribution in [-0.4, -0.2) is 24.8 Å². The Bertz CT molecular complexity index is 86.5. The summed E-state index contributed by atoms with van der Waals surface area (Å²) in [5.41, 5.74) is 0. The van der Waals surface area contributed by atoms with E-state index < -0.39 is 0 Å². The molecule has 0 spiro atoms. The van der Waals surface area contributed by atoms with Gasteiger partial charge in [0.1, 0.15) is 0 Å². The van der Waals surface area contributed by atoms with Crippen LogP contribution in [0.25, 0.3) is 0 Å². The van der Waals surface area contributed by atoms with Crippen molar-refractivity contribution in [1.29, 1.82) is 0 Å². The van der Waals surface area contributed by atoms with Gasteiger partial charge in [-0.2, -0.15) is 5.10 Å². The zero-order valence-corrected chi connectivity index (χ0v) is 5.46. The summed E-state index contributed by atoms with van der Waals surface area (Å²) in [6.07, 6.45) is 3.57. The Balaban J connectivity index is 3.31. The van der Waals surface area contributed by atoms with Gasteiger partial charge in [-0.25, -0.2) is 0 Å². The van der Waals surface area contributed by atoms with E-state index in [1.54, 1.807) is 6.21 Å². The third-order valence-corrected chi connectivity index (χ3v) is 0.706. The van der Waals surface area contributed by atoms with E-state index >= 15 is 0 Å². The van der Waals surface area contributed by atoms with E-state index in [0.29, 0.717) is 0 Å². The highest BCUT2D eigenvalue weighted by Gasteiger charge is 1.80. The van der Waals surface area contributed by atoms with Gasteiger partial charge in [0.2, 0.25) is 0 Å². The van der Waals surface area contributed by atoms with Crippen molar-refractivity contribution in [3.05, 3.63) is 12.7 Å². The number of rotatable bonds is 3. The maximum Gasteiger partial charge on any atom is 0.0535 e. The summed E-state index contributed by atoms with van der Waals surface area (Å²) in [5.74, 6) is 0. The summed E-state index contributed by atoms with van der Waals surface area (Å²) in [6.45, 7) is 6.27. The van der Waals surface area contributed by atoms with Gasteiger partial charge in [-0.05, 0) is 6.92 Å². The van der Waals surface area contributed by atoms with Crippen molar-refractivity contribution in [2.24, 2.45) is 5.10 Å². The summed E-state index contributed by atoms with van der Waals surface area (Å²) in [6, 6.07) is 0. The second kappa shape index (κ2) is 4.37. The molecule has 0 amide bonds. The number of likely N-dealkylation sites (N-methyl/N-ethyl adjacent to an activating group) is 1. The van der Waals surface area contributed by atoms with Crippen molar-refractivity contribution in [3.8, 4) is 0 Å². The van der Waals surface area contributed by atoms with Crippen LogP contribution in [0.5, 0.6) is 0 Å². The minimum absolute atomic E-state index is 0.810. The van der Waals surface area contributed by atoms with E-state index in [1.807, 2.05) is 25.1 Å². The smallest absolute Gasteiger partial charge is 0.0535 e. The molecule has 0 aromatic rings. The summed E-state index contributed by atoms with van der Waals surface area (Å²) in [5, 5.41) is 5.76. The number of hydrazone groups is 1. The van der Waals surface area contributed by atoms with E-state index in [2.05, 4.69) is 11.7 Å². The first-order valence-corrected chi connectivity index (χ1v) is 2.62. The van der Waals surface area contributed by atoms with Crippen LogP contribution in [0.4, 0.5) is 0 Å². The molecule has 0 atom stereocenters. The molecule has 2 heteroatoms. The first-order valence-electron chi connectivity index (χ1n) is 2.62. The van der Waals surface area contributed by atoms with Gasteiger partial charge in [0.05, 0.1) is 6.54 Å². The van der Waals surface area contributed by atoms with Gasteiger partial charge in [0.25, 0.3) is 0 Å². The summed E-state index contributed by atoms with van der Waals surface area (Å²) >= 11 is 0. The Kier molecular flexibility index (Phi) is 3.94. The molecule has 0 aliphatic heterocycles. The van der Waals surface area contributed by atoms with Crippen LogP contribution >= 0.6 is 0 Å². The van der Waals surface area contributed by atoms with E-state index in [9.17, 15) is 0 Å². The normalized spacial score (nSPS) is 9.75. The molecule has 0 aliphatic rings.